The van der Waals surface area contributed by atoms with E-state index in [1.807, 2.05) is 6.07 Å². The van der Waals surface area contributed by atoms with Crippen LogP contribution in [-0.4, -0.2) is 9.30 Å². The van der Waals surface area contributed by atoms with Gasteiger partial charge in [-0.15, -0.1) is 0 Å². The molecule has 1 rings (SSSR count). The molecule has 0 bridgehead atoms. The molecule has 0 aromatic heterocycles. The summed E-state index contributed by atoms with van der Waals surface area (Å²) in [5, 5.41) is 0. The van der Waals surface area contributed by atoms with Gasteiger partial charge in [0.15, 0.2) is 0 Å². The first-order chi connectivity index (χ1) is 4.86. The summed E-state index contributed by atoms with van der Waals surface area (Å²) in [6.45, 7) is 0. The predicted octanol–water partition coefficient (Wildman–Crippen LogP) is 0.114. The molecule has 2 nitrogen and oxygen atoms in total. The summed E-state index contributed by atoms with van der Waals surface area (Å²) in [6.07, 6.45) is 0.799. The van der Waals surface area contributed by atoms with Crippen LogP contribution in [0.2, 0.25) is 0 Å². The van der Waals surface area contributed by atoms with Crippen molar-refractivity contribution in [3.8, 4) is 0 Å². The number of rotatable bonds is 2. The average Bonchev–Trinajstić information content (AvgIpc) is 2.05. The Balaban J connectivity index is 2.98. The second-order valence-electron chi connectivity index (χ2n) is 2.02. The fraction of sp³-hybridized carbons (Fsp3) is 0. The molecule has 0 saturated heterocycles. The van der Waals surface area contributed by atoms with Gasteiger partial charge in [-0.25, -0.2) is 0 Å². The van der Waals surface area contributed by atoms with Crippen LogP contribution < -0.4 is 3.07 Å². The standard InChI is InChI=1S/C7H5O.Hg.H2O/c8-6-7-4-2-1-3-5-7;;/h1-2,4-6H;;1H2/q;+1;/p-1. The molecule has 0 heterocycles. The molecule has 1 N–H and O–H groups in total. The van der Waals surface area contributed by atoms with E-state index in [2.05, 4.69) is 0 Å². The predicted molar refractivity (Wildman–Crippen MR) is 33.7 cm³/mol. The zero-order valence-electron chi connectivity index (χ0n) is 5.45. The van der Waals surface area contributed by atoms with Crippen molar-refractivity contribution in [2.24, 2.45) is 0 Å². The third-order valence-electron chi connectivity index (χ3n) is 1.27. The molecule has 0 unspecified atom stereocenters. The third kappa shape index (κ3) is 1.89. The number of aldehydes is 1. The molecule has 0 aliphatic rings. The van der Waals surface area contributed by atoms with Gasteiger partial charge >= 0.3 is 72.0 Å². The molecule has 0 saturated carbocycles. The van der Waals surface area contributed by atoms with E-state index in [1.54, 1.807) is 18.2 Å². The van der Waals surface area contributed by atoms with Gasteiger partial charge in [-0.3, -0.25) is 0 Å². The summed E-state index contributed by atoms with van der Waals surface area (Å²) in [5.41, 5.74) is 0.659. The number of hydrogen-bond acceptors (Lipinski definition) is 2. The van der Waals surface area contributed by atoms with Gasteiger partial charge in [0, 0.05) is 0 Å². The number of carbonyl (C=O) groups excluding carboxylic acids is 1. The Morgan fingerprint density at radius 3 is 2.90 bits per heavy atom. The van der Waals surface area contributed by atoms with E-state index >= 15 is 0 Å². The molecule has 0 aliphatic heterocycles. The fourth-order valence-corrected chi connectivity index (χ4v) is 2.97. The van der Waals surface area contributed by atoms with Crippen molar-refractivity contribution >= 4 is 9.36 Å². The second-order valence-corrected chi connectivity index (χ2v) is 6.42. The van der Waals surface area contributed by atoms with Crippen molar-refractivity contribution < 1.29 is 32.8 Å². The fourth-order valence-electron chi connectivity index (χ4n) is 0.765. The molecular formula is C7H6HgO2. The van der Waals surface area contributed by atoms with Crippen LogP contribution in [0.25, 0.3) is 0 Å². The molecule has 0 aliphatic carbocycles. The topological polar surface area (TPSA) is 37.3 Å². The van der Waals surface area contributed by atoms with Crippen LogP contribution in [0.3, 0.4) is 0 Å². The maximum atomic E-state index is 10.2. The molecular weight excluding hydrogens is 317 g/mol. The molecule has 0 spiro atoms. The molecule has 10 heavy (non-hydrogen) atoms. The summed E-state index contributed by atoms with van der Waals surface area (Å²) in [7, 11) is 0. The van der Waals surface area contributed by atoms with Gasteiger partial charge in [0.25, 0.3) is 0 Å². The summed E-state index contributed by atoms with van der Waals surface area (Å²) in [5.74, 6) is 0. The monoisotopic (exact) mass is 324 g/mol. The third-order valence-corrected chi connectivity index (χ3v) is 4.40. The Labute approximate surface area is 72.0 Å². The van der Waals surface area contributed by atoms with E-state index in [0.29, 0.717) is 5.56 Å². The zero-order valence-corrected chi connectivity index (χ0v) is 10.9. The minimum atomic E-state index is -1.75. The first-order valence-electron chi connectivity index (χ1n) is 3.02. The van der Waals surface area contributed by atoms with Crippen LogP contribution in [0.5, 0.6) is 0 Å². The van der Waals surface area contributed by atoms with Crippen molar-refractivity contribution in [1.82, 2.24) is 0 Å². The van der Waals surface area contributed by atoms with E-state index in [4.69, 9.17) is 3.01 Å². The molecule has 0 fully saturated rings. The van der Waals surface area contributed by atoms with Gasteiger partial charge in [0.05, 0.1) is 0 Å². The molecule has 0 atom stereocenters. The van der Waals surface area contributed by atoms with Gasteiger partial charge in [-0.2, -0.15) is 0 Å². The minimum absolute atomic E-state index is 0.659. The first kappa shape index (κ1) is 7.89. The van der Waals surface area contributed by atoms with Crippen LogP contribution in [0.15, 0.2) is 24.3 Å². The van der Waals surface area contributed by atoms with Crippen LogP contribution in [0.1, 0.15) is 10.4 Å². The summed E-state index contributed by atoms with van der Waals surface area (Å²) >= 11 is -1.75. The number of carbonyl (C=O) groups is 1. The van der Waals surface area contributed by atoms with E-state index in [1.165, 1.54) is 0 Å². The Bertz CT molecular complexity index is 235. The van der Waals surface area contributed by atoms with Gasteiger partial charge in [-0.05, 0) is 0 Å². The van der Waals surface area contributed by atoms with Crippen LogP contribution in [-0.2, 0) is 25.0 Å². The van der Waals surface area contributed by atoms with Crippen molar-refractivity contribution in [3.63, 3.8) is 0 Å². The van der Waals surface area contributed by atoms with Gasteiger partial charge in [0.1, 0.15) is 0 Å². The van der Waals surface area contributed by atoms with Crippen molar-refractivity contribution in [2.45, 2.75) is 0 Å². The Morgan fingerprint density at radius 2 is 2.30 bits per heavy atom. The average molecular weight is 323 g/mol. The van der Waals surface area contributed by atoms with E-state index in [0.717, 1.165) is 9.36 Å². The quantitative estimate of drug-likeness (QED) is 0.620. The molecule has 48 valence electrons. The van der Waals surface area contributed by atoms with Crippen molar-refractivity contribution in [1.29, 1.82) is 0 Å². The molecule has 0 radical (unpaired) electrons. The zero-order chi connectivity index (χ0) is 7.40. The van der Waals surface area contributed by atoms with E-state index in [9.17, 15) is 4.79 Å². The number of benzene rings is 1. The number of hydrogen-bond donors (Lipinski definition) is 1. The van der Waals surface area contributed by atoms with Crippen molar-refractivity contribution in [3.05, 3.63) is 29.8 Å². The van der Waals surface area contributed by atoms with Crippen LogP contribution in [0.4, 0.5) is 0 Å². The molecule has 1 aromatic carbocycles. The molecule has 3 heteroatoms. The van der Waals surface area contributed by atoms with E-state index in [-0.39, 0.29) is 0 Å². The molecule has 0 amide bonds. The SMILES string of the molecule is O=Cc1ccc[c]([Hg][OH])c1. The normalized spacial score (nSPS) is 8.50. The van der Waals surface area contributed by atoms with Gasteiger partial charge < -0.3 is 0 Å². The summed E-state index contributed by atoms with van der Waals surface area (Å²) in [6, 6.07) is 7.17. The van der Waals surface area contributed by atoms with Crippen LogP contribution >= 0.6 is 0 Å². The second kappa shape index (κ2) is 3.83. The first-order valence-corrected chi connectivity index (χ1v) is 8.22. The van der Waals surface area contributed by atoms with E-state index < -0.39 is 25.0 Å². The molecule has 1 aromatic rings. The van der Waals surface area contributed by atoms with Crippen LogP contribution in [0, 0.1) is 0 Å². The Hall–Kier alpha value is -0.215. The maximum absolute atomic E-state index is 10.2. The summed E-state index contributed by atoms with van der Waals surface area (Å²) in [4.78, 5) is 10.2. The summed E-state index contributed by atoms with van der Waals surface area (Å²) < 4.78 is 9.85. The Morgan fingerprint density at radius 1 is 1.50 bits per heavy atom. The Kier molecular flexibility index (Phi) is 3.02. The van der Waals surface area contributed by atoms with Gasteiger partial charge in [-0.1, -0.05) is 0 Å². The van der Waals surface area contributed by atoms with Gasteiger partial charge in [0.2, 0.25) is 0 Å². The van der Waals surface area contributed by atoms with Crippen molar-refractivity contribution in [2.75, 3.05) is 0 Å².